The van der Waals surface area contributed by atoms with E-state index in [2.05, 4.69) is 13.5 Å². The van der Waals surface area contributed by atoms with E-state index in [0.717, 1.165) is 12.8 Å². The predicted molar refractivity (Wildman–Crippen MR) is 72.2 cm³/mol. The van der Waals surface area contributed by atoms with Crippen LogP contribution in [0.5, 0.6) is 0 Å². The summed E-state index contributed by atoms with van der Waals surface area (Å²) in [6.07, 6.45) is 5.88. The van der Waals surface area contributed by atoms with Crippen molar-refractivity contribution in [1.29, 1.82) is 0 Å². The van der Waals surface area contributed by atoms with Gasteiger partial charge in [0.1, 0.15) is 0 Å². The summed E-state index contributed by atoms with van der Waals surface area (Å²) in [4.78, 5) is 24.3. The Kier molecular flexibility index (Phi) is 10.0. The summed E-state index contributed by atoms with van der Waals surface area (Å²) in [5.41, 5.74) is 0. The molecule has 1 amide bonds. The molecule has 0 spiro atoms. The maximum Gasteiger partial charge on any atom is 0.307 e. The van der Waals surface area contributed by atoms with Gasteiger partial charge in [-0.2, -0.15) is 0 Å². The number of amides is 1. The molecule has 0 saturated carbocycles. The van der Waals surface area contributed by atoms with Crippen molar-refractivity contribution in [3.8, 4) is 0 Å². The summed E-state index contributed by atoms with van der Waals surface area (Å²) in [7, 11) is 0. The first kappa shape index (κ1) is 16.7. The number of ether oxygens (including phenoxy) is 1. The van der Waals surface area contributed by atoms with Crippen molar-refractivity contribution < 1.29 is 14.3 Å². The minimum atomic E-state index is -0.234. The lowest BCUT2D eigenvalue weighted by atomic mass is 10.2. The SMILES string of the molecule is C=CC(=O)N(CC)CCC(=O)OCCCCCC. The Morgan fingerprint density at radius 1 is 1.22 bits per heavy atom. The zero-order chi connectivity index (χ0) is 13.8. The van der Waals surface area contributed by atoms with Crippen molar-refractivity contribution >= 4 is 11.9 Å². The Bertz CT molecular complexity index is 264. The zero-order valence-electron chi connectivity index (χ0n) is 11.6. The molecule has 18 heavy (non-hydrogen) atoms. The predicted octanol–water partition coefficient (Wildman–Crippen LogP) is 2.53. The number of likely N-dealkylation sites (N-methyl/N-ethyl adjacent to an activating group) is 1. The Balaban J connectivity index is 3.68. The topological polar surface area (TPSA) is 46.6 Å². The summed E-state index contributed by atoms with van der Waals surface area (Å²) < 4.78 is 5.09. The molecule has 0 rings (SSSR count). The van der Waals surface area contributed by atoms with E-state index in [1.54, 1.807) is 4.90 Å². The number of hydrogen-bond donors (Lipinski definition) is 0. The van der Waals surface area contributed by atoms with Crippen molar-refractivity contribution in [2.75, 3.05) is 19.7 Å². The average molecular weight is 255 g/mol. The molecular weight excluding hydrogens is 230 g/mol. The van der Waals surface area contributed by atoms with E-state index in [0.29, 0.717) is 19.7 Å². The van der Waals surface area contributed by atoms with Crippen LogP contribution in [-0.2, 0) is 14.3 Å². The highest BCUT2D eigenvalue weighted by Crippen LogP contribution is 2.00. The molecule has 0 aliphatic rings. The van der Waals surface area contributed by atoms with Gasteiger partial charge >= 0.3 is 5.97 Å². The van der Waals surface area contributed by atoms with Crippen LogP contribution in [0.1, 0.15) is 46.0 Å². The molecule has 0 aliphatic carbocycles. The third-order valence-corrected chi connectivity index (χ3v) is 2.71. The highest BCUT2D eigenvalue weighted by atomic mass is 16.5. The highest BCUT2D eigenvalue weighted by Gasteiger charge is 2.10. The molecule has 0 N–H and O–H groups in total. The molecule has 0 aromatic heterocycles. The molecule has 4 heteroatoms. The van der Waals surface area contributed by atoms with Gasteiger partial charge in [-0.05, 0) is 19.4 Å². The molecule has 0 bridgehead atoms. The van der Waals surface area contributed by atoms with Gasteiger partial charge in [0.05, 0.1) is 13.0 Å². The average Bonchev–Trinajstić information content (AvgIpc) is 2.38. The van der Waals surface area contributed by atoms with E-state index < -0.39 is 0 Å². The van der Waals surface area contributed by atoms with Crippen LogP contribution in [0.15, 0.2) is 12.7 Å². The molecule has 0 unspecified atom stereocenters. The highest BCUT2D eigenvalue weighted by molar-refractivity contribution is 5.87. The van der Waals surface area contributed by atoms with Crippen molar-refractivity contribution in [1.82, 2.24) is 4.90 Å². The number of rotatable bonds is 10. The molecule has 0 fully saturated rings. The lowest BCUT2D eigenvalue weighted by Crippen LogP contribution is -2.31. The van der Waals surface area contributed by atoms with Crippen LogP contribution in [0, 0.1) is 0 Å². The first-order valence-electron chi connectivity index (χ1n) is 6.72. The van der Waals surface area contributed by atoms with E-state index in [4.69, 9.17) is 4.74 Å². The van der Waals surface area contributed by atoms with E-state index in [1.165, 1.54) is 18.9 Å². The quantitative estimate of drug-likeness (QED) is 0.342. The number of nitrogens with zero attached hydrogens (tertiary/aromatic N) is 1. The number of carbonyl (C=O) groups excluding carboxylic acids is 2. The monoisotopic (exact) mass is 255 g/mol. The summed E-state index contributed by atoms with van der Waals surface area (Å²) in [6.45, 7) is 8.90. The number of esters is 1. The van der Waals surface area contributed by atoms with Gasteiger partial charge in [0.25, 0.3) is 0 Å². The van der Waals surface area contributed by atoms with Crippen LogP contribution in [0.25, 0.3) is 0 Å². The van der Waals surface area contributed by atoms with Gasteiger partial charge in [0.15, 0.2) is 0 Å². The third kappa shape index (κ3) is 7.87. The second-order valence-electron chi connectivity index (χ2n) is 4.15. The standard InChI is InChI=1S/C14H25NO3/c1-4-7-8-9-12-18-14(17)10-11-15(6-3)13(16)5-2/h5H,2,4,6-12H2,1,3H3. The van der Waals surface area contributed by atoms with Gasteiger partial charge in [0.2, 0.25) is 5.91 Å². The Labute approximate surface area is 110 Å². The van der Waals surface area contributed by atoms with Gasteiger partial charge in [-0.15, -0.1) is 0 Å². The largest absolute Gasteiger partial charge is 0.466 e. The third-order valence-electron chi connectivity index (χ3n) is 2.71. The fraction of sp³-hybridized carbons (Fsp3) is 0.714. The molecule has 0 radical (unpaired) electrons. The Morgan fingerprint density at radius 3 is 2.50 bits per heavy atom. The second kappa shape index (κ2) is 10.8. The van der Waals surface area contributed by atoms with Crippen molar-refractivity contribution in [3.05, 3.63) is 12.7 Å². The molecule has 104 valence electrons. The van der Waals surface area contributed by atoms with Gasteiger partial charge in [-0.3, -0.25) is 9.59 Å². The Morgan fingerprint density at radius 2 is 1.94 bits per heavy atom. The van der Waals surface area contributed by atoms with E-state index in [1.807, 2.05) is 6.92 Å². The summed E-state index contributed by atoms with van der Waals surface area (Å²) in [6, 6.07) is 0. The van der Waals surface area contributed by atoms with Crippen LogP contribution in [0.2, 0.25) is 0 Å². The summed E-state index contributed by atoms with van der Waals surface area (Å²) in [5.74, 6) is -0.380. The Hall–Kier alpha value is -1.32. The lowest BCUT2D eigenvalue weighted by molar-refractivity contribution is -0.144. The van der Waals surface area contributed by atoms with Crippen LogP contribution in [0.3, 0.4) is 0 Å². The van der Waals surface area contributed by atoms with Gasteiger partial charge < -0.3 is 9.64 Å². The smallest absolute Gasteiger partial charge is 0.307 e. The number of carbonyl (C=O) groups is 2. The molecule has 4 nitrogen and oxygen atoms in total. The van der Waals surface area contributed by atoms with Gasteiger partial charge in [-0.25, -0.2) is 0 Å². The number of hydrogen-bond acceptors (Lipinski definition) is 3. The minimum Gasteiger partial charge on any atom is -0.466 e. The molecule has 0 aromatic rings. The van der Waals surface area contributed by atoms with Crippen molar-refractivity contribution in [2.45, 2.75) is 46.0 Å². The molecular formula is C14H25NO3. The fourth-order valence-electron chi connectivity index (χ4n) is 1.57. The second-order valence-corrected chi connectivity index (χ2v) is 4.15. The normalized spacial score (nSPS) is 9.89. The zero-order valence-corrected chi connectivity index (χ0v) is 11.6. The van der Waals surface area contributed by atoms with Crippen LogP contribution in [0.4, 0.5) is 0 Å². The molecule has 0 saturated heterocycles. The van der Waals surface area contributed by atoms with E-state index in [-0.39, 0.29) is 18.3 Å². The summed E-state index contributed by atoms with van der Waals surface area (Å²) >= 11 is 0. The molecule has 0 atom stereocenters. The van der Waals surface area contributed by atoms with E-state index in [9.17, 15) is 9.59 Å². The molecule has 0 heterocycles. The maximum atomic E-state index is 11.4. The van der Waals surface area contributed by atoms with Crippen LogP contribution in [-0.4, -0.2) is 36.5 Å². The lowest BCUT2D eigenvalue weighted by Gasteiger charge is -2.18. The molecule has 0 aromatic carbocycles. The van der Waals surface area contributed by atoms with E-state index >= 15 is 0 Å². The van der Waals surface area contributed by atoms with Crippen LogP contribution >= 0.6 is 0 Å². The first-order valence-corrected chi connectivity index (χ1v) is 6.72. The van der Waals surface area contributed by atoms with Crippen LogP contribution < -0.4 is 0 Å². The fourth-order valence-corrected chi connectivity index (χ4v) is 1.57. The first-order chi connectivity index (χ1) is 8.65. The van der Waals surface area contributed by atoms with Gasteiger partial charge in [0, 0.05) is 13.1 Å². The minimum absolute atomic E-state index is 0.145. The maximum absolute atomic E-state index is 11.4. The number of unbranched alkanes of at least 4 members (excludes halogenated alkanes) is 3. The summed E-state index contributed by atoms with van der Waals surface area (Å²) in [5, 5.41) is 0. The molecule has 0 aliphatic heterocycles. The van der Waals surface area contributed by atoms with Gasteiger partial charge in [-0.1, -0.05) is 32.8 Å². The van der Waals surface area contributed by atoms with Crippen molar-refractivity contribution in [2.24, 2.45) is 0 Å². The van der Waals surface area contributed by atoms with Crippen molar-refractivity contribution in [3.63, 3.8) is 0 Å².